The number of carbonyl (C=O) groups is 1. The molecule has 0 aliphatic carbocycles. The van der Waals surface area contributed by atoms with Gasteiger partial charge in [-0.05, 0) is 47.7 Å². The third-order valence-corrected chi connectivity index (χ3v) is 3.53. The SMILES string of the molecule is Cc1csc(-c2cc(C=O)cc(C(F)(F)F)c2)c1. The van der Waals surface area contributed by atoms with Crippen LogP contribution in [0, 0.1) is 6.92 Å². The minimum Gasteiger partial charge on any atom is -0.298 e. The summed E-state index contributed by atoms with van der Waals surface area (Å²) in [6.45, 7) is 1.87. The molecule has 0 bridgehead atoms. The molecule has 1 aromatic heterocycles. The lowest BCUT2D eigenvalue weighted by Gasteiger charge is -2.09. The molecule has 0 atom stereocenters. The zero-order valence-electron chi connectivity index (χ0n) is 9.41. The number of hydrogen-bond donors (Lipinski definition) is 0. The average molecular weight is 270 g/mol. The van der Waals surface area contributed by atoms with E-state index in [-0.39, 0.29) is 5.56 Å². The van der Waals surface area contributed by atoms with Crippen LogP contribution >= 0.6 is 11.3 Å². The monoisotopic (exact) mass is 270 g/mol. The number of thiophene rings is 1. The summed E-state index contributed by atoms with van der Waals surface area (Å²) in [6, 6.07) is 5.19. The first-order valence-electron chi connectivity index (χ1n) is 5.13. The van der Waals surface area contributed by atoms with E-state index in [0.29, 0.717) is 11.8 Å². The molecule has 0 aliphatic heterocycles. The van der Waals surface area contributed by atoms with Gasteiger partial charge in [-0.2, -0.15) is 13.2 Å². The fourth-order valence-electron chi connectivity index (χ4n) is 1.61. The highest BCUT2D eigenvalue weighted by atomic mass is 32.1. The first kappa shape index (κ1) is 12.8. The highest BCUT2D eigenvalue weighted by Crippen LogP contribution is 2.35. The number of carbonyl (C=O) groups excluding carboxylic acids is 1. The summed E-state index contributed by atoms with van der Waals surface area (Å²) < 4.78 is 38.1. The molecule has 0 spiro atoms. The number of alkyl halides is 3. The van der Waals surface area contributed by atoms with Crippen LogP contribution in [0.1, 0.15) is 21.5 Å². The Morgan fingerprint density at radius 3 is 2.39 bits per heavy atom. The lowest BCUT2D eigenvalue weighted by atomic mass is 10.0. The normalized spacial score (nSPS) is 11.6. The quantitative estimate of drug-likeness (QED) is 0.731. The van der Waals surface area contributed by atoms with E-state index in [2.05, 4.69) is 0 Å². The van der Waals surface area contributed by atoms with E-state index >= 15 is 0 Å². The maximum absolute atomic E-state index is 12.7. The van der Waals surface area contributed by atoms with Gasteiger partial charge in [0.2, 0.25) is 0 Å². The Balaban J connectivity index is 2.57. The van der Waals surface area contributed by atoms with Crippen molar-refractivity contribution in [1.82, 2.24) is 0 Å². The molecule has 1 nitrogen and oxygen atoms in total. The molecule has 18 heavy (non-hydrogen) atoms. The van der Waals surface area contributed by atoms with E-state index in [1.807, 2.05) is 12.3 Å². The molecule has 1 heterocycles. The predicted molar refractivity (Wildman–Crippen MR) is 64.9 cm³/mol. The van der Waals surface area contributed by atoms with Gasteiger partial charge in [0, 0.05) is 10.4 Å². The van der Waals surface area contributed by atoms with E-state index < -0.39 is 11.7 Å². The van der Waals surface area contributed by atoms with Crippen LogP contribution in [0.25, 0.3) is 10.4 Å². The highest BCUT2D eigenvalue weighted by molar-refractivity contribution is 7.13. The molecular formula is C13H9F3OS. The van der Waals surface area contributed by atoms with Crippen molar-refractivity contribution < 1.29 is 18.0 Å². The van der Waals surface area contributed by atoms with Gasteiger partial charge < -0.3 is 0 Å². The first-order chi connectivity index (χ1) is 8.40. The standard InChI is InChI=1S/C13H9F3OS/c1-8-2-12(18-7-8)10-3-9(6-17)4-11(5-10)13(14,15)16/h2-7H,1H3. The second-order valence-corrected chi connectivity index (χ2v) is 4.86. The summed E-state index contributed by atoms with van der Waals surface area (Å²) in [4.78, 5) is 11.4. The van der Waals surface area contributed by atoms with Gasteiger partial charge in [-0.25, -0.2) is 0 Å². The van der Waals surface area contributed by atoms with Crippen molar-refractivity contribution in [3.05, 3.63) is 46.3 Å². The van der Waals surface area contributed by atoms with Crippen molar-refractivity contribution >= 4 is 17.6 Å². The van der Waals surface area contributed by atoms with Gasteiger partial charge in [0.05, 0.1) is 5.56 Å². The Morgan fingerprint density at radius 1 is 1.17 bits per heavy atom. The van der Waals surface area contributed by atoms with E-state index in [9.17, 15) is 18.0 Å². The molecule has 1 aromatic carbocycles. The number of rotatable bonds is 2. The van der Waals surface area contributed by atoms with Crippen molar-refractivity contribution in [2.24, 2.45) is 0 Å². The van der Waals surface area contributed by atoms with Crippen LogP contribution in [0.15, 0.2) is 29.6 Å². The fourth-order valence-corrected chi connectivity index (χ4v) is 2.50. The van der Waals surface area contributed by atoms with Crippen molar-refractivity contribution in [2.75, 3.05) is 0 Å². The number of aldehydes is 1. The third-order valence-electron chi connectivity index (χ3n) is 2.43. The fraction of sp³-hybridized carbons (Fsp3) is 0.154. The maximum atomic E-state index is 12.7. The van der Waals surface area contributed by atoms with E-state index in [1.165, 1.54) is 17.4 Å². The van der Waals surface area contributed by atoms with Crippen molar-refractivity contribution in [3.63, 3.8) is 0 Å². The van der Waals surface area contributed by atoms with Crippen LogP contribution in [0.5, 0.6) is 0 Å². The molecular weight excluding hydrogens is 261 g/mol. The van der Waals surface area contributed by atoms with Crippen LogP contribution in [0.4, 0.5) is 13.2 Å². The van der Waals surface area contributed by atoms with Crippen LogP contribution in [-0.4, -0.2) is 6.29 Å². The summed E-state index contributed by atoms with van der Waals surface area (Å²) in [6.07, 6.45) is -4.01. The Hall–Kier alpha value is -1.62. The van der Waals surface area contributed by atoms with E-state index in [1.54, 1.807) is 6.07 Å². The molecule has 2 rings (SSSR count). The minimum atomic E-state index is -4.44. The zero-order chi connectivity index (χ0) is 13.3. The second-order valence-electron chi connectivity index (χ2n) is 3.95. The van der Waals surface area contributed by atoms with Gasteiger partial charge in [0.15, 0.2) is 0 Å². The molecule has 0 saturated carbocycles. The van der Waals surface area contributed by atoms with E-state index in [4.69, 9.17) is 0 Å². The molecule has 0 unspecified atom stereocenters. The lowest BCUT2D eigenvalue weighted by Crippen LogP contribution is -2.05. The molecule has 0 aliphatic rings. The van der Waals surface area contributed by atoms with Gasteiger partial charge in [-0.3, -0.25) is 4.79 Å². The molecule has 0 saturated heterocycles. The molecule has 2 aromatic rings. The average Bonchev–Trinajstić information content (AvgIpc) is 2.74. The highest BCUT2D eigenvalue weighted by Gasteiger charge is 2.31. The molecule has 94 valence electrons. The molecule has 0 radical (unpaired) electrons. The van der Waals surface area contributed by atoms with Crippen molar-refractivity contribution in [3.8, 4) is 10.4 Å². The molecule has 0 amide bonds. The van der Waals surface area contributed by atoms with Gasteiger partial charge in [-0.15, -0.1) is 11.3 Å². The molecule has 5 heteroatoms. The van der Waals surface area contributed by atoms with Crippen molar-refractivity contribution in [1.29, 1.82) is 0 Å². The smallest absolute Gasteiger partial charge is 0.298 e. The van der Waals surface area contributed by atoms with Crippen LogP contribution < -0.4 is 0 Å². The van der Waals surface area contributed by atoms with Crippen LogP contribution in [0.3, 0.4) is 0 Å². The topological polar surface area (TPSA) is 17.1 Å². The summed E-state index contributed by atoms with van der Waals surface area (Å²) in [5.74, 6) is 0. The first-order valence-corrected chi connectivity index (χ1v) is 6.01. The lowest BCUT2D eigenvalue weighted by molar-refractivity contribution is -0.137. The second kappa shape index (κ2) is 4.57. The van der Waals surface area contributed by atoms with Gasteiger partial charge in [0.1, 0.15) is 6.29 Å². The van der Waals surface area contributed by atoms with Crippen molar-refractivity contribution in [2.45, 2.75) is 13.1 Å². The number of benzene rings is 1. The summed E-state index contributed by atoms with van der Waals surface area (Å²) >= 11 is 1.36. The molecule has 0 N–H and O–H groups in total. The van der Waals surface area contributed by atoms with Crippen LogP contribution in [-0.2, 0) is 6.18 Å². The number of aryl methyl sites for hydroxylation is 1. The zero-order valence-corrected chi connectivity index (χ0v) is 10.2. The Labute approximate surface area is 106 Å². The Bertz CT molecular complexity index is 584. The van der Waals surface area contributed by atoms with Gasteiger partial charge in [-0.1, -0.05) is 0 Å². The Morgan fingerprint density at radius 2 is 1.89 bits per heavy atom. The largest absolute Gasteiger partial charge is 0.416 e. The van der Waals surface area contributed by atoms with Crippen LogP contribution in [0.2, 0.25) is 0 Å². The maximum Gasteiger partial charge on any atom is 0.416 e. The summed E-state index contributed by atoms with van der Waals surface area (Å²) in [5.41, 5.74) is 0.643. The van der Waals surface area contributed by atoms with Gasteiger partial charge in [0.25, 0.3) is 0 Å². The Kier molecular flexibility index (Phi) is 3.26. The summed E-state index contributed by atoms with van der Waals surface area (Å²) in [5, 5.41) is 1.86. The molecule has 0 fully saturated rings. The summed E-state index contributed by atoms with van der Waals surface area (Å²) in [7, 11) is 0. The number of halogens is 3. The predicted octanol–water partition coefficient (Wildman–Crippen LogP) is 4.55. The number of hydrogen-bond acceptors (Lipinski definition) is 2. The van der Waals surface area contributed by atoms with E-state index in [0.717, 1.165) is 22.6 Å². The minimum absolute atomic E-state index is 0.0332. The third kappa shape index (κ3) is 2.61. The van der Waals surface area contributed by atoms with Gasteiger partial charge >= 0.3 is 6.18 Å².